The van der Waals surface area contributed by atoms with E-state index in [0.717, 1.165) is 31.2 Å². The summed E-state index contributed by atoms with van der Waals surface area (Å²) >= 11 is 1.57. The van der Waals surface area contributed by atoms with Crippen molar-refractivity contribution in [3.63, 3.8) is 0 Å². The number of benzene rings is 2. The summed E-state index contributed by atoms with van der Waals surface area (Å²) in [5.74, 6) is 0. The summed E-state index contributed by atoms with van der Waals surface area (Å²) in [7, 11) is -3.93. The Morgan fingerprint density at radius 3 is 2.27 bits per heavy atom. The number of sulfone groups is 1. The number of nitriles is 1. The van der Waals surface area contributed by atoms with E-state index < -0.39 is 15.1 Å². The van der Waals surface area contributed by atoms with Gasteiger partial charge in [-0.15, -0.1) is 11.8 Å². The lowest BCUT2D eigenvalue weighted by Gasteiger charge is -2.22. The summed E-state index contributed by atoms with van der Waals surface area (Å²) in [6.45, 7) is 1.89. The van der Waals surface area contributed by atoms with Gasteiger partial charge >= 0.3 is 0 Å². The predicted octanol–water partition coefficient (Wildman–Crippen LogP) is 5.40. The van der Waals surface area contributed by atoms with E-state index in [4.69, 9.17) is 4.98 Å². The zero-order valence-electron chi connectivity index (χ0n) is 16.8. The van der Waals surface area contributed by atoms with Crippen LogP contribution in [-0.4, -0.2) is 23.6 Å². The minimum Gasteiger partial charge on any atom is -0.246 e. The monoisotopic (exact) mass is 437 g/mol. The Hall–Kier alpha value is -2.43. The predicted molar refractivity (Wildman–Crippen MR) is 119 cm³/mol. The molecule has 5 nitrogen and oxygen atoms in total. The topological polar surface area (TPSA) is 83.7 Å². The van der Waals surface area contributed by atoms with Gasteiger partial charge in [0.2, 0.25) is 0 Å². The van der Waals surface area contributed by atoms with Crippen molar-refractivity contribution >= 4 is 32.6 Å². The van der Waals surface area contributed by atoms with Crippen molar-refractivity contribution in [1.29, 1.82) is 5.26 Å². The van der Waals surface area contributed by atoms with E-state index in [1.54, 1.807) is 42.1 Å². The van der Waals surface area contributed by atoms with Crippen LogP contribution >= 0.6 is 11.8 Å². The summed E-state index contributed by atoms with van der Waals surface area (Å²) in [5.41, 5.74) is 2.51. The molecular formula is C23H23N3O2S2. The molecule has 1 atom stereocenters. The number of thioether (sulfide) groups is 1. The fourth-order valence-corrected chi connectivity index (χ4v) is 6.52. The first kappa shape index (κ1) is 20.8. The van der Waals surface area contributed by atoms with E-state index in [1.165, 1.54) is 6.42 Å². The maximum atomic E-state index is 13.4. The molecule has 0 N–H and O–H groups in total. The zero-order valence-corrected chi connectivity index (χ0v) is 18.4. The van der Waals surface area contributed by atoms with Gasteiger partial charge in [-0.1, -0.05) is 49.1 Å². The molecule has 0 radical (unpaired) electrons. The van der Waals surface area contributed by atoms with Crippen LogP contribution in [0.4, 0.5) is 0 Å². The van der Waals surface area contributed by atoms with Gasteiger partial charge in [0.25, 0.3) is 0 Å². The van der Waals surface area contributed by atoms with Crippen molar-refractivity contribution in [1.82, 2.24) is 9.97 Å². The van der Waals surface area contributed by atoms with Crippen molar-refractivity contribution in [3.8, 4) is 6.07 Å². The quantitative estimate of drug-likeness (QED) is 0.531. The fourth-order valence-electron chi connectivity index (χ4n) is 3.74. The molecule has 1 heterocycles. The molecule has 1 aromatic heterocycles. The second kappa shape index (κ2) is 8.75. The van der Waals surface area contributed by atoms with E-state index in [-0.39, 0.29) is 10.6 Å². The highest BCUT2D eigenvalue weighted by Gasteiger charge is 2.34. The van der Waals surface area contributed by atoms with Gasteiger partial charge in [-0.25, -0.2) is 18.4 Å². The van der Waals surface area contributed by atoms with Crippen LogP contribution in [0.25, 0.3) is 11.0 Å². The Morgan fingerprint density at radius 1 is 1.00 bits per heavy atom. The maximum Gasteiger partial charge on any atom is 0.200 e. The average Bonchev–Trinajstić information content (AvgIpc) is 2.75. The lowest BCUT2D eigenvalue weighted by molar-refractivity contribution is 0.515. The van der Waals surface area contributed by atoms with Gasteiger partial charge in [0, 0.05) is 5.25 Å². The van der Waals surface area contributed by atoms with Crippen LogP contribution in [0.5, 0.6) is 0 Å². The van der Waals surface area contributed by atoms with Crippen LogP contribution in [0.3, 0.4) is 0 Å². The molecule has 4 rings (SSSR count). The largest absolute Gasteiger partial charge is 0.246 e. The molecule has 1 saturated carbocycles. The fraction of sp³-hybridized carbons (Fsp3) is 0.348. The Morgan fingerprint density at radius 2 is 1.63 bits per heavy atom. The van der Waals surface area contributed by atoms with Crippen LogP contribution in [0.2, 0.25) is 0 Å². The molecule has 0 unspecified atom stereocenters. The number of hydrogen-bond acceptors (Lipinski definition) is 6. The van der Waals surface area contributed by atoms with Gasteiger partial charge in [0.15, 0.2) is 15.1 Å². The molecule has 30 heavy (non-hydrogen) atoms. The van der Waals surface area contributed by atoms with Crippen LogP contribution < -0.4 is 0 Å². The number of para-hydroxylation sites is 2. The Labute approximate surface area is 181 Å². The molecule has 0 aliphatic heterocycles. The summed E-state index contributed by atoms with van der Waals surface area (Å²) in [6.07, 6.45) is 5.70. The number of nitrogens with zero attached hydrogens (tertiary/aromatic N) is 3. The second-order valence-electron chi connectivity index (χ2n) is 7.65. The van der Waals surface area contributed by atoms with Gasteiger partial charge < -0.3 is 0 Å². The van der Waals surface area contributed by atoms with Crippen molar-refractivity contribution in [2.45, 2.75) is 59.4 Å². The highest BCUT2D eigenvalue weighted by atomic mass is 32.2. The molecule has 1 fully saturated rings. The van der Waals surface area contributed by atoms with E-state index in [9.17, 15) is 13.7 Å². The van der Waals surface area contributed by atoms with Gasteiger partial charge in [0.05, 0.1) is 22.0 Å². The highest BCUT2D eigenvalue weighted by Crippen LogP contribution is 2.39. The summed E-state index contributed by atoms with van der Waals surface area (Å²) in [4.78, 5) is 9.51. The minimum absolute atomic E-state index is 0.128. The third-order valence-corrected chi connectivity index (χ3v) is 8.63. The van der Waals surface area contributed by atoms with Gasteiger partial charge in [-0.3, -0.25) is 0 Å². The van der Waals surface area contributed by atoms with Crippen molar-refractivity contribution in [2.75, 3.05) is 0 Å². The van der Waals surface area contributed by atoms with Crippen LogP contribution in [0, 0.1) is 18.3 Å². The molecule has 0 amide bonds. The number of rotatable bonds is 5. The van der Waals surface area contributed by atoms with Crippen LogP contribution in [0.15, 0.2) is 58.5 Å². The maximum absolute atomic E-state index is 13.4. The first-order valence-electron chi connectivity index (χ1n) is 10.1. The Balaban J connectivity index is 1.82. The summed E-state index contributed by atoms with van der Waals surface area (Å²) in [6, 6.07) is 16.0. The molecular weight excluding hydrogens is 414 g/mol. The number of fused-ring (bicyclic) bond motifs is 1. The molecule has 7 heteroatoms. The summed E-state index contributed by atoms with van der Waals surface area (Å²) < 4.78 is 26.7. The average molecular weight is 438 g/mol. The van der Waals surface area contributed by atoms with E-state index in [2.05, 4.69) is 4.98 Å². The number of aromatic nitrogens is 2. The van der Waals surface area contributed by atoms with E-state index in [1.807, 2.05) is 31.2 Å². The molecule has 154 valence electrons. The van der Waals surface area contributed by atoms with E-state index in [0.29, 0.717) is 21.3 Å². The van der Waals surface area contributed by atoms with Crippen molar-refractivity contribution in [3.05, 3.63) is 59.8 Å². The molecule has 2 aromatic carbocycles. The highest BCUT2D eigenvalue weighted by molar-refractivity contribution is 8.00. The first-order valence-corrected chi connectivity index (χ1v) is 12.5. The standard InChI is InChI=1S/C23H23N3O2S2/c1-16-11-13-18(14-12-16)30(27,28)21(15-24)22-23(29-17-7-3-2-4-8-17)26-20-10-6-5-9-19(20)25-22/h5-6,9-14,17,21H,2-4,7-8H2,1H3/t21-/m0/s1. The minimum atomic E-state index is -3.93. The zero-order chi connectivity index (χ0) is 21.1. The van der Waals surface area contributed by atoms with Crippen LogP contribution in [-0.2, 0) is 9.84 Å². The lowest BCUT2D eigenvalue weighted by Crippen LogP contribution is -2.17. The molecule has 0 saturated heterocycles. The third kappa shape index (κ3) is 4.21. The lowest BCUT2D eigenvalue weighted by atomic mass is 10.0. The molecule has 3 aromatic rings. The normalized spacial score (nSPS) is 16.3. The third-order valence-electron chi connectivity index (χ3n) is 5.42. The number of hydrogen-bond donors (Lipinski definition) is 0. The van der Waals surface area contributed by atoms with Gasteiger partial charge in [0.1, 0.15) is 10.7 Å². The van der Waals surface area contributed by atoms with Crippen LogP contribution in [0.1, 0.15) is 48.6 Å². The summed E-state index contributed by atoms with van der Waals surface area (Å²) in [5, 5.41) is 9.46. The van der Waals surface area contributed by atoms with E-state index >= 15 is 0 Å². The van der Waals surface area contributed by atoms with Crippen molar-refractivity contribution in [2.24, 2.45) is 0 Å². The smallest absolute Gasteiger partial charge is 0.200 e. The first-order chi connectivity index (χ1) is 14.5. The number of aryl methyl sites for hydroxylation is 1. The Kier molecular flexibility index (Phi) is 6.07. The second-order valence-corrected chi connectivity index (χ2v) is 11.0. The van der Waals surface area contributed by atoms with Gasteiger partial charge in [-0.2, -0.15) is 5.26 Å². The van der Waals surface area contributed by atoms with Crippen molar-refractivity contribution < 1.29 is 8.42 Å². The molecule has 0 spiro atoms. The molecule has 0 bridgehead atoms. The molecule has 1 aliphatic carbocycles. The Bertz CT molecular complexity index is 1200. The SMILES string of the molecule is Cc1ccc(S(=O)(=O)[C@@H](C#N)c2nc3ccccc3nc2SC2CCCCC2)cc1. The van der Waals surface area contributed by atoms with Gasteiger partial charge in [-0.05, 0) is 44.0 Å². The molecule has 1 aliphatic rings.